The number of nitrogens with one attached hydrogen (secondary N) is 2. The molecule has 0 amide bonds. The van der Waals surface area contributed by atoms with Crippen LogP contribution in [0.25, 0.3) is 11.2 Å². The molecule has 0 saturated carbocycles. The van der Waals surface area contributed by atoms with Crippen LogP contribution in [0.15, 0.2) is 26.1 Å². The molecule has 8 nitrogen and oxygen atoms in total. The second-order valence-electron chi connectivity index (χ2n) is 4.86. The zero-order valence-electron chi connectivity index (χ0n) is 11.9. The summed E-state index contributed by atoms with van der Waals surface area (Å²) in [5.74, 6) is 2.00. The third-order valence-corrected chi connectivity index (χ3v) is 3.32. The van der Waals surface area contributed by atoms with Crippen LogP contribution in [0.5, 0.6) is 0 Å². The van der Waals surface area contributed by atoms with Crippen LogP contribution in [0.4, 0.5) is 5.95 Å². The number of nitrogens with zero attached hydrogens (tertiary/aromatic N) is 3. The summed E-state index contributed by atoms with van der Waals surface area (Å²) in [6.07, 6.45) is 0. The highest BCUT2D eigenvalue weighted by Crippen LogP contribution is 2.11. The van der Waals surface area contributed by atoms with Crippen LogP contribution >= 0.6 is 0 Å². The van der Waals surface area contributed by atoms with Crippen LogP contribution in [0.3, 0.4) is 0 Å². The number of aryl methyl sites for hydroxylation is 2. The fraction of sp³-hybridized carbons (Fsp3) is 0.308. The van der Waals surface area contributed by atoms with Crippen LogP contribution in [0.2, 0.25) is 0 Å². The van der Waals surface area contributed by atoms with Crippen molar-refractivity contribution in [3.63, 3.8) is 0 Å². The molecule has 2 N–H and O–H groups in total. The molecular formula is C13H15N5O3. The van der Waals surface area contributed by atoms with Gasteiger partial charge in [0.2, 0.25) is 5.95 Å². The fourth-order valence-electron chi connectivity index (χ4n) is 2.16. The van der Waals surface area contributed by atoms with Gasteiger partial charge in [-0.05, 0) is 19.1 Å². The number of fused-ring (bicyclic) bond motifs is 1. The Hall–Kier alpha value is -2.77. The minimum atomic E-state index is -0.410. The summed E-state index contributed by atoms with van der Waals surface area (Å²) in [5, 5.41) is 3.03. The van der Waals surface area contributed by atoms with E-state index in [1.54, 1.807) is 7.05 Å². The average molecular weight is 289 g/mol. The zero-order valence-corrected chi connectivity index (χ0v) is 11.9. The number of rotatable bonds is 3. The molecule has 3 aromatic heterocycles. The minimum Gasteiger partial charge on any atom is -0.465 e. The summed E-state index contributed by atoms with van der Waals surface area (Å²) in [5.41, 5.74) is -0.200. The smallest absolute Gasteiger partial charge is 0.332 e. The van der Waals surface area contributed by atoms with E-state index in [0.717, 1.165) is 16.1 Å². The number of aromatic nitrogens is 4. The first-order chi connectivity index (χ1) is 9.97. The van der Waals surface area contributed by atoms with Crippen molar-refractivity contribution in [1.29, 1.82) is 0 Å². The zero-order chi connectivity index (χ0) is 15.1. The SMILES string of the molecule is Cc1ccc(CNc2nc3c([nH]2)c(=O)n(C)c(=O)n3C)o1. The van der Waals surface area contributed by atoms with E-state index >= 15 is 0 Å². The predicted octanol–water partition coefficient (Wildman–Crippen LogP) is 0.474. The first-order valence-corrected chi connectivity index (χ1v) is 6.42. The molecule has 0 aromatic carbocycles. The Morgan fingerprint density at radius 1 is 1.29 bits per heavy atom. The molecule has 0 unspecified atom stereocenters. The van der Waals surface area contributed by atoms with E-state index in [-0.39, 0.29) is 5.52 Å². The number of hydrogen-bond donors (Lipinski definition) is 2. The van der Waals surface area contributed by atoms with Gasteiger partial charge in [-0.3, -0.25) is 13.9 Å². The maximum Gasteiger partial charge on any atom is 0.332 e. The van der Waals surface area contributed by atoms with Gasteiger partial charge in [-0.15, -0.1) is 0 Å². The third-order valence-electron chi connectivity index (χ3n) is 3.32. The van der Waals surface area contributed by atoms with Crippen LogP contribution in [-0.2, 0) is 20.6 Å². The fourth-order valence-corrected chi connectivity index (χ4v) is 2.16. The van der Waals surface area contributed by atoms with E-state index < -0.39 is 11.2 Å². The van der Waals surface area contributed by atoms with Crippen LogP contribution < -0.4 is 16.6 Å². The van der Waals surface area contributed by atoms with Crippen LogP contribution in [-0.4, -0.2) is 19.1 Å². The summed E-state index contributed by atoms with van der Waals surface area (Å²) in [7, 11) is 3.01. The lowest BCUT2D eigenvalue weighted by Gasteiger charge is -2.00. The number of imidazole rings is 1. The van der Waals surface area contributed by atoms with Crippen molar-refractivity contribution < 1.29 is 4.42 Å². The Morgan fingerprint density at radius 2 is 2.05 bits per heavy atom. The Bertz CT molecular complexity index is 928. The molecule has 0 aliphatic heterocycles. The summed E-state index contributed by atoms with van der Waals surface area (Å²) >= 11 is 0. The maximum absolute atomic E-state index is 12.0. The molecule has 0 fully saturated rings. The molecule has 0 bridgehead atoms. The molecule has 0 atom stereocenters. The minimum absolute atomic E-state index is 0.290. The molecule has 3 rings (SSSR count). The van der Waals surface area contributed by atoms with Crippen molar-refractivity contribution >= 4 is 17.1 Å². The second kappa shape index (κ2) is 4.65. The van der Waals surface area contributed by atoms with E-state index in [2.05, 4.69) is 15.3 Å². The van der Waals surface area contributed by atoms with Gasteiger partial charge in [0.05, 0.1) is 6.54 Å². The average Bonchev–Trinajstić information content (AvgIpc) is 3.07. The lowest BCUT2D eigenvalue weighted by atomic mass is 10.4. The largest absolute Gasteiger partial charge is 0.465 e. The molecule has 0 saturated heterocycles. The van der Waals surface area contributed by atoms with Crippen molar-refractivity contribution in [2.75, 3.05) is 5.32 Å². The third kappa shape index (κ3) is 2.14. The molecule has 0 aliphatic carbocycles. The standard InChI is InChI=1S/C13H15N5O3/c1-7-4-5-8(21-7)6-14-12-15-9-10(16-12)17(2)13(20)18(3)11(9)19/h4-5H,6H2,1-3H3,(H2,14,15,16). The van der Waals surface area contributed by atoms with Crippen LogP contribution in [0, 0.1) is 6.92 Å². The molecule has 21 heavy (non-hydrogen) atoms. The number of aromatic amines is 1. The Labute approximate surface area is 119 Å². The normalized spacial score (nSPS) is 11.2. The number of hydrogen-bond acceptors (Lipinski definition) is 5. The molecule has 0 aliphatic rings. The summed E-state index contributed by atoms with van der Waals surface area (Å²) in [6.45, 7) is 2.30. The van der Waals surface area contributed by atoms with Gasteiger partial charge in [-0.1, -0.05) is 0 Å². The van der Waals surface area contributed by atoms with Crippen molar-refractivity contribution in [1.82, 2.24) is 19.1 Å². The van der Waals surface area contributed by atoms with Gasteiger partial charge in [0.15, 0.2) is 11.2 Å². The lowest BCUT2D eigenvalue weighted by Crippen LogP contribution is -2.36. The highest BCUT2D eigenvalue weighted by Gasteiger charge is 2.13. The van der Waals surface area contributed by atoms with Crippen LogP contribution in [0.1, 0.15) is 11.5 Å². The van der Waals surface area contributed by atoms with Gasteiger partial charge < -0.3 is 14.7 Å². The lowest BCUT2D eigenvalue weighted by molar-refractivity contribution is 0.490. The van der Waals surface area contributed by atoms with Gasteiger partial charge in [0, 0.05) is 14.1 Å². The molecular weight excluding hydrogens is 274 g/mol. The number of anilines is 1. The molecule has 3 heterocycles. The van der Waals surface area contributed by atoms with Gasteiger partial charge in [-0.2, -0.15) is 4.98 Å². The van der Waals surface area contributed by atoms with E-state index in [1.165, 1.54) is 11.6 Å². The van der Waals surface area contributed by atoms with Gasteiger partial charge in [0.1, 0.15) is 11.5 Å². The van der Waals surface area contributed by atoms with Crippen molar-refractivity contribution in [2.24, 2.45) is 14.1 Å². The van der Waals surface area contributed by atoms with E-state index in [1.807, 2.05) is 19.1 Å². The van der Waals surface area contributed by atoms with Crippen molar-refractivity contribution in [2.45, 2.75) is 13.5 Å². The van der Waals surface area contributed by atoms with E-state index in [4.69, 9.17) is 4.42 Å². The predicted molar refractivity (Wildman–Crippen MR) is 77.3 cm³/mol. The van der Waals surface area contributed by atoms with Gasteiger partial charge in [0.25, 0.3) is 5.56 Å². The maximum atomic E-state index is 12.0. The monoisotopic (exact) mass is 289 g/mol. The Balaban J connectivity index is 1.98. The number of H-pyrrole nitrogens is 1. The topological polar surface area (TPSA) is 97.9 Å². The summed E-state index contributed by atoms with van der Waals surface area (Å²) < 4.78 is 7.81. The molecule has 110 valence electrons. The second-order valence-corrected chi connectivity index (χ2v) is 4.86. The van der Waals surface area contributed by atoms with Crippen molar-refractivity contribution in [3.05, 3.63) is 44.5 Å². The van der Waals surface area contributed by atoms with Gasteiger partial charge in [-0.25, -0.2) is 4.79 Å². The quantitative estimate of drug-likeness (QED) is 0.730. The van der Waals surface area contributed by atoms with Gasteiger partial charge >= 0.3 is 5.69 Å². The summed E-state index contributed by atoms with van der Waals surface area (Å²) in [6, 6.07) is 3.73. The van der Waals surface area contributed by atoms with E-state index in [9.17, 15) is 9.59 Å². The van der Waals surface area contributed by atoms with Crippen molar-refractivity contribution in [3.8, 4) is 0 Å². The Morgan fingerprint density at radius 3 is 2.71 bits per heavy atom. The molecule has 0 spiro atoms. The van der Waals surface area contributed by atoms with E-state index in [0.29, 0.717) is 18.1 Å². The molecule has 0 radical (unpaired) electrons. The first-order valence-electron chi connectivity index (χ1n) is 6.42. The molecule has 8 heteroatoms. The first kappa shape index (κ1) is 13.2. The summed E-state index contributed by atoms with van der Waals surface area (Å²) in [4.78, 5) is 31.0. The highest BCUT2D eigenvalue weighted by atomic mass is 16.3. The number of furan rings is 1. The molecule has 3 aromatic rings. The highest BCUT2D eigenvalue weighted by molar-refractivity contribution is 5.72. The Kier molecular flexibility index (Phi) is 2.93.